The molecule has 0 N–H and O–H groups in total. The van der Waals surface area contributed by atoms with Crippen molar-refractivity contribution in [2.24, 2.45) is 0 Å². The number of rotatable bonds is 12. The third-order valence-corrected chi connectivity index (χ3v) is 6.90. The standard InChI is InChI=1S/C29H33FO4S/c1-2-35-29-26(30)28(33-20-24-16-10-5-11-17-24)27(32-19-23-14-8-4-9-15-23)25(34-29)21-31-18-22-12-6-3-7-13-22/h3-17,25-29H,2,18-21H2,1H3/t25-,26-,27-,28-,29+/m1/s1. The molecule has 186 valence electrons. The van der Waals surface area contributed by atoms with E-state index in [0.717, 1.165) is 22.4 Å². The Morgan fingerprint density at radius 2 is 1.20 bits per heavy atom. The van der Waals surface area contributed by atoms with Gasteiger partial charge in [0.15, 0.2) is 6.17 Å². The van der Waals surface area contributed by atoms with Gasteiger partial charge in [0.1, 0.15) is 23.7 Å². The third kappa shape index (κ3) is 7.63. The van der Waals surface area contributed by atoms with Crippen molar-refractivity contribution in [3.8, 4) is 0 Å². The largest absolute Gasteiger partial charge is 0.374 e. The van der Waals surface area contributed by atoms with Crippen LogP contribution in [0.15, 0.2) is 91.0 Å². The van der Waals surface area contributed by atoms with Crippen LogP contribution in [-0.4, -0.2) is 42.3 Å². The van der Waals surface area contributed by atoms with Crippen molar-refractivity contribution in [1.82, 2.24) is 0 Å². The van der Waals surface area contributed by atoms with Crippen LogP contribution in [0.25, 0.3) is 0 Å². The van der Waals surface area contributed by atoms with Gasteiger partial charge < -0.3 is 18.9 Å². The highest BCUT2D eigenvalue weighted by Crippen LogP contribution is 2.34. The predicted molar refractivity (Wildman–Crippen MR) is 138 cm³/mol. The summed E-state index contributed by atoms with van der Waals surface area (Å²) in [5.41, 5.74) is 2.44. The van der Waals surface area contributed by atoms with Crippen molar-refractivity contribution in [2.45, 2.75) is 56.7 Å². The zero-order chi connectivity index (χ0) is 24.3. The van der Waals surface area contributed by atoms with E-state index >= 15 is 4.39 Å². The molecule has 4 nitrogen and oxygen atoms in total. The lowest BCUT2D eigenvalue weighted by atomic mass is 10.00. The predicted octanol–water partition coefficient (Wildman–Crippen LogP) is 6.19. The van der Waals surface area contributed by atoms with Gasteiger partial charge in [-0.15, -0.1) is 11.8 Å². The third-order valence-electron chi connectivity index (χ3n) is 5.87. The summed E-state index contributed by atoms with van der Waals surface area (Å²) < 4.78 is 40.5. The maximum atomic E-state index is 15.7. The highest BCUT2D eigenvalue weighted by atomic mass is 32.2. The molecule has 3 aromatic rings. The summed E-state index contributed by atoms with van der Waals surface area (Å²) in [6.45, 7) is 3.38. The summed E-state index contributed by atoms with van der Waals surface area (Å²) in [4.78, 5) is 0. The first-order chi connectivity index (χ1) is 17.2. The van der Waals surface area contributed by atoms with Crippen LogP contribution in [0.1, 0.15) is 23.6 Å². The Bertz CT molecular complexity index is 976. The molecular formula is C29H33FO4S. The van der Waals surface area contributed by atoms with E-state index in [1.165, 1.54) is 11.8 Å². The molecule has 35 heavy (non-hydrogen) atoms. The quantitative estimate of drug-likeness (QED) is 0.299. The molecule has 0 radical (unpaired) electrons. The van der Waals surface area contributed by atoms with Crippen LogP contribution in [0.5, 0.6) is 0 Å². The van der Waals surface area contributed by atoms with Crippen LogP contribution in [0.4, 0.5) is 4.39 Å². The molecular weight excluding hydrogens is 463 g/mol. The van der Waals surface area contributed by atoms with Crippen LogP contribution in [0.3, 0.4) is 0 Å². The van der Waals surface area contributed by atoms with Gasteiger partial charge in [0.05, 0.1) is 26.4 Å². The molecule has 0 bridgehead atoms. The highest BCUT2D eigenvalue weighted by molar-refractivity contribution is 7.99. The lowest BCUT2D eigenvalue weighted by Gasteiger charge is -2.43. The summed E-state index contributed by atoms with van der Waals surface area (Å²) in [7, 11) is 0. The van der Waals surface area contributed by atoms with Gasteiger partial charge in [-0.2, -0.15) is 0 Å². The fourth-order valence-corrected chi connectivity index (χ4v) is 4.98. The molecule has 1 saturated heterocycles. The van der Waals surface area contributed by atoms with Crippen LogP contribution >= 0.6 is 11.8 Å². The number of alkyl halides is 1. The second-order valence-electron chi connectivity index (χ2n) is 8.47. The number of ether oxygens (including phenoxy) is 4. The second-order valence-corrected chi connectivity index (χ2v) is 9.84. The Labute approximate surface area is 211 Å². The zero-order valence-electron chi connectivity index (χ0n) is 20.0. The van der Waals surface area contributed by atoms with E-state index in [0.29, 0.717) is 19.8 Å². The second kappa shape index (κ2) is 13.8. The monoisotopic (exact) mass is 496 g/mol. The first-order valence-electron chi connectivity index (χ1n) is 12.1. The van der Waals surface area contributed by atoms with Gasteiger partial charge in [0.25, 0.3) is 0 Å². The van der Waals surface area contributed by atoms with Crippen LogP contribution in [0.2, 0.25) is 0 Å². The molecule has 0 spiro atoms. The van der Waals surface area contributed by atoms with E-state index < -0.39 is 29.9 Å². The van der Waals surface area contributed by atoms with Crippen LogP contribution < -0.4 is 0 Å². The molecule has 0 aliphatic carbocycles. The van der Waals surface area contributed by atoms with Gasteiger partial charge >= 0.3 is 0 Å². The number of thioether (sulfide) groups is 1. The Morgan fingerprint density at radius 1 is 0.714 bits per heavy atom. The molecule has 4 rings (SSSR count). The molecule has 6 heteroatoms. The van der Waals surface area contributed by atoms with Gasteiger partial charge in [-0.25, -0.2) is 4.39 Å². The van der Waals surface area contributed by atoms with Crippen molar-refractivity contribution in [1.29, 1.82) is 0 Å². The molecule has 0 saturated carbocycles. The number of benzene rings is 3. The number of halogens is 1. The molecule has 0 amide bonds. The van der Waals surface area contributed by atoms with Gasteiger partial charge in [0, 0.05) is 0 Å². The Kier molecular flexibility index (Phi) is 10.2. The van der Waals surface area contributed by atoms with E-state index in [2.05, 4.69) is 0 Å². The smallest absolute Gasteiger partial charge is 0.164 e. The Balaban J connectivity index is 1.50. The lowest BCUT2D eigenvalue weighted by molar-refractivity contribution is -0.229. The minimum atomic E-state index is -1.32. The summed E-state index contributed by atoms with van der Waals surface area (Å²) >= 11 is 1.45. The van der Waals surface area contributed by atoms with Gasteiger partial charge in [-0.05, 0) is 22.4 Å². The molecule has 3 aromatic carbocycles. The van der Waals surface area contributed by atoms with E-state index in [9.17, 15) is 0 Å². The van der Waals surface area contributed by atoms with E-state index in [-0.39, 0.29) is 6.61 Å². The topological polar surface area (TPSA) is 36.9 Å². The van der Waals surface area contributed by atoms with Crippen LogP contribution in [-0.2, 0) is 38.8 Å². The zero-order valence-corrected chi connectivity index (χ0v) is 20.8. The summed E-state index contributed by atoms with van der Waals surface area (Å²) in [5.74, 6) is 0.740. The molecule has 0 unspecified atom stereocenters. The van der Waals surface area contributed by atoms with E-state index in [4.69, 9.17) is 18.9 Å². The molecule has 1 heterocycles. The van der Waals surface area contributed by atoms with Gasteiger partial charge in [0.2, 0.25) is 0 Å². The summed E-state index contributed by atoms with van der Waals surface area (Å²) in [6, 6.07) is 29.7. The normalized spacial score (nSPS) is 24.3. The summed E-state index contributed by atoms with van der Waals surface area (Å²) in [5, 5.41) is 0. The lowest BCUT2D eigenvalue weighted by Crippen LogP contribution is -2.58. The van der Waals surface area contributed by atoms with Gasteiger partial charge in [-0.3, -0.25) is 0 Å². The Morgan fingerprint density at radius 3 is 1.71 bits per heavy atom. The number of hydrogen-bond donors (Lipinski definition) is 0. The highest BCUT2D eigenvalue weighted by Gasteiger charge is 2.48. The minimum Gasteiger partial charge on any atom is -0.374 e. The molecule has 1 fully saturated rings. The average Bonchev–Trinajstić information content (AvgIpc) is 2.90. The van der Waals surface area contributed by atoms with E-state index in [1.54, 1.807) is 0 Å². The van der Waals surface area contributed by atoms with E-state index in [1.807, 2.05) is 97.9 Å². The summed E-state index contributed by atoms with van der Waals surface area (Å²) in [6.07, 6.45) is -3.17. The first-order valence-corrected chi connectivity index (χ1v) is 13.1. The molecule has 1 aliphatic heterocycles. The van der Waals surface area contributed by atoms with Gasteiger partial charge in [-0.1, -0.05) is 97.9 Å². The minimum absolute atomic E-state index is 0.285. The first kappa shape index (κ1) is 25.9. The Hall–Kier alpha value is -2.22. The van der Waals surface area contributed by atoms with Crippen molar-refractivity contribution in [3.63, 3.8) is 0 Å². The fraction of sp³-hybridized carbons (Fsp3) is 0.379. The SMILES string of the molecule is CCS[C@@H]1O[C@H](COCc2ccccc2)[C@@H](OCc2ccccc2)[C@H](OCc2ccccc2)[C@H]1F. The maximum Gasteiger partial charge on any atom is 0.164 e. The molecule has 0 aromatic heterocycles. The van der Waals surface area contributed by atoms with Crippen molar-refractivity contribution < 1.29 is 23.3 Å². The van der Waals surface area contributed by atoms with Crippen molar-refractivity contribution >= 4 is 11.8 Å². The van der Waals surface area contributed by atoms with Crippen LogP contribution in [0, 0.1) is 0 Å². The maximum absolute atomic E-state index is 15.7. The van der Waals surface area contributed by atoms with Crippen molar-refractivity contribution in [2.75, 3.05) is 12.4 Å². The fourth-order valence-electron chi connectivity index (χ4n) is 4.09. The average molecular weight is 497 g/mol. The molecule has 5 atom stereocenters. The molecule has 1 aliphatic rings. The number of hydrogen-bond acceptors (Lipinski definition) is 5. The van der Waals surface area contributed by atoms with Crippen molar-refractivity contribution in [3.05, 3.63) is 108 Å².